The highest BCUT2D eigenvalue weighted by atomic mass is 35.5. The average molecular weight is 760 g/mol. The van der Waals surface area contributed by atoms with E-state index in [1.165, 1.54) is 16.9 Å². The lowest BCUT2D eigenvalue weighted by Gasteiger charge is -2.26. The van der Waals surface area contributed by atoms with Gasteiger partial charge in [-0.3, -0.25) is 24.3 Å². The lowest BCUT2D eigenvalue weighted by atomic mass is 9.93. The number of sulfone groups is 1. The number of benzene rings is 2. The molecule has 51 heavy (non-hydrogen) atoms. The zero-order valence-electron chi connectivity index (χ0n) is 28.2. The van der Waals surface area contributed by atoms with Crippen LogP contribution in [0.15, 0.2) is 54.7 Å². The van der Waals surface area contributed by atoms with Crippen molar-refractivity contribution in [3.05, 3.63) is 94.0 Å². The molecule has 0 unspecified atom stereocenters. The summed E-state index contributed by atoms with van der Waals surface area (Å²) in [6.45, 7) is 3.41. The number of amides is 1. The number of hydrogen-bond acceptors (Lipinski definition) is 8. The number of hydrogen-bond donors (Lipinski definition) is 3. The first kappa shape index (κ1) is 36.4. The largest absolute Gasteiger partial charge is 0.342 e. The second-order valence-corrected chi connectivity index (χ2v) is 18.4. The van der Waals surface area contributed by atoms with E-state index >= 15 is 0 Å². The first-order valence-corrected chi connectivity index (χ1v) is 19.9. The SMILES string of the molecule is Cn1nc(NS(C)(=O)=O)c2c(Cl)ccc(-c3ccc(CCC(C)(C)S(=O)(=O)C4CC4)nc3[C@H](Cc3cc(F)cc(F)c3)NC(=O)c3ccn[nH]3)c21. The maximum Gasteiger partial charge on any atom is 0.269 e. The fourth-order valence-electron chi connectivity index (χ4n) is 6.19. The molecule has 17 heteroatoms. The number of fused-ring (bicyclic) bond motifs is 1. The third-order valence-corrected chi connectivity index (χ3v) is 12.9. The van der Waals surface area contributed by atoms with E-state index in [1.807, 2.05) is 0 Å². The molecule has 1 fully saturated rings. The number of carbonyl (C=O) groups is 1. The molecule has 270 valence electrons. The van der Waals surface area contributed by atoms with Crippen molar-refractivity contribution in [1.82, 2.24) is 30.3 Å². The second-order valence-electron chi connectivity index (χ2n) is 13.4. The number of pyridine rings is 1. The smallest absolute Gasteiger partial charge is 0.269 e. The van der Waals surface area contributed by atoms with Crippen LogP contribution in [0.5, 0.6) is 0 Å². The second kappa shape index (κ2) is 13.6. The van der Waals surface area contributed by atoms with Crippen molar-refractivity contribution in [2.24, 2.45) is 7.05 Å². The molecule has 0 spiro atoms. The molecule has 0 bridgehead atoms. The predicted octanol–water partition coefficient (Wildman–Crippen LogP) is 5.66. The van der Waals surface area contributed by atoms with E-state index in [0.29, 0.717) is 46.3 Å². The lowest BCUT2D eigenvalue weighted by molar-refractivity contribution is 0.0930. The highest BCUT2D eigenvalue weighted by molar-refractivity contribution is 7.93. The molecule has 5 aromatic rings. The molecular weight excluding hydrogens is 724 g/mol. The van der Waals surface area contributed by atoms with Crippen LogP contribution in [-0.2, 0) is 39.7 Å². The van der Waals surface area contributed by atoms with Gasteiger partial charge in [-0.25, -0.2) is 25.6 Å². The molecule has 1 aliphatic rings. The Bertz CT molecular complexity index is 2340. The standard InChI is InChI=1S/C34H36ClF2N7O5S2/c1-34(2,51(48,49)23-6-7-23)13-11-22-5-8-24(25-9-10-26(35)29-31(25)44(3)42-32(29)43-50(4,46)47)30(39-22)28(40-33(45)27-12-14-38-41-27)17-19-15-20(36)18-21(37)16-19/h5,8-10,12,14-16,18,23,28H,6-7,11,13,17H2,1-4H3,(H,38,41)(H,40,45)(H,42,43)/t28-/m0/s1. The van der Waals surface area contributed by atoms with Gasteiger partial charge in [-0.05, 0) is 81.8 Å². The monoisotopic (exact) mass is 759 g/mol. The Morgan fingerprint density at radius 2 is 1.75 bits per heavy atom. The quantitative estimate of drug-likeness (QED) is 0.138. The zero-order valence-corrected chi connectivity index (χ0v) is 30.6. The first-order chi connectivity index (χ1) is 23.9. The van der Waals surface area contributed by atoms with Crippen molar-refractivity contribution in [3.8, 4) is 11.1 Å². The van der Waals surface area contributed by atoms with Crippen molar-refractivity contribution in [3.63, 3.8) is 0 Å². The van der Waals surface area contributed by atoms with Crippen LogP contribution in [-0.4, -0.2) is 64.0 Å². The van der Waals surface area contributed by atoms with E-state index in [4.69, 9.17) is 16.6 Å². The fourth-order valence-corrected chi connectivity index (χ4v) is 8.97. The average Bonchev–Trinajstić information content (AvgIpc) is 3.66. The van der Waals surface area contributed by atoms with Gasteiger partial charge in [0.15, 0.2) is 15.7 Å². The van der Waals surface area contributed by atoms with Gasteiger partial charge in [0.1, 0.15) is 17.3 Å². The minimum atomic E-state index is -3.74. The Kier molecular flexibility index (Phi) is 9.71. The number of nitrogens with zero attached hydrogens (tertiary/aromatic N) is 4. The molecule has 12 nitrogen and oxygen atoms in total. The summed E-state index contributed by atoms with van der Waals surface area (Å²) in [4.78, 5) is 18.5. The van der Waals surface area contributed by atoms with Crippen LogP contribution >= 0.6 is 11.6 Å². The molecule has 0 aliphatic heterocycles. The van der Waals surface area contributed by atoms with Crippen molar-refractivity contribution in [1.29, 1.82) is 0 Å². The normalized spacial score (nSPS) is 14.5. The Balaban J connectivity index is 1.52. The predicted molar refractivity (Wildman–Crippen MR) is 191 cm³/mol. The summed E-state index contributed by atoms with van der Waals surface area (Å²) in [6, 6.07) is 10.4. The van der Waals surface area contributed by atoms with Gasteiger partial charge in [-0.1, -0.05) is 23.7 Å². The van der Waals surface area contributed by atoms with Crippen molar-refractivity contribution < 1.29 is 30.4 Å². The number of aryl methyl sites for hydroxylation is 2. The van der Waals surface area contributed by atoms with Crippen LogP contribution in [0.2, 0.25) is 5.02 Å². The van der Waals surface area contributed by atoms with E-state index in [9.17, 15) is 30.4 Å². The van der Waals surface area contributed by atoms with E-state index in [-0.39, 0.29) is 46.6 Å². The third-order valence-electron chi connectivity index (χ3n) is 8.95. The molecule has 0 radical (unpaired) electrons. The van der Waals surface area contributed by atoms with Gasteiger partial charge < -0.3 is 5.32 Å². The molecule has 1 amide bonds. The number of sulfonamides is 1. The van der Waals surface area contributed by atoms with Gasteiger partial charge >= 0.3 is 0 Å². The van der Waals surface area contributed by atoms with E-state index in [1.54, 1.807) is 45.2 Å². The minimum absolute atomic E-state index is 0.00594. The summed E-state index contributed by atoms with van der Waals surface area (Å²) in [5.74, 6) is -2.16. The topological polar surface area (TPSA) is 169 Å². The number of aromatic nitrogens is 5. The van der Waals surface area contributed by atoms with Crippen LogP contribution < -0.4 is 10.0 Å². The molecule has 2 aromatic carbocycles. The van der Waals surface area contributed by atoms with Gasteiger partial charge in [-0.2, -0.15) is 10.2 Å². The van der Waals surface area contributed by atoms with Crippen LogP contribution in [0.25, 0.3) is 22.0 Å². The van der Waals surface area contributed by atoms with Gasteiger partial charge in [-0.15, -0.1) is 0 Å². The Labute approximate surface area is 299 Å². The summed E-state index contributed by atoms with van der Waals surface area (Å²) in [6.07, 6.45) is 4.13. The van der Waals surface area contributed by atoms with Crippen molar-refractivity contribution in [2.75, 3.05) is 11.0 Å². The van der Waals surface area contributed by atoms with Crippen LogP contribution in [0, 0.1) is 11.6 Å². The number of halogens is 3. The summed E-state index contributed by atoms with van der Waals surface area (Å²) < 4.78 is 82.6. The number of rotatable bonds is 13. The van der Waals surface area contributed by atoms with Gasteiger partial charge in [0.25, 0.3) is 5.91 Å². The summed E-state index contributed by atoms with van der Waals surface area (Å²) in [5.41, 5.74) is 2.63. The summed E-state index contributed by atoms with van der Waals surface area (Å²) in [7, 11) is -5.51. The van der Waals surface area contributed by atoms with Gasteiger partial charge in [0.2, 0.25) is 10.0 Å². The maximum atomic E-state index is 14.4. The van der Waals surface area contributed by atoms with Crippen LogP contribution in [0.3, 0.4) is 0 Å². The molecule has 1 saturated carbocycles. The van der Waals surface area contributed by atoms with Crippen LogP contribution in [0.1, 0.15) is 66.6 Å². The number of carbonyl (C=O) groups excluding carboxylic acids is 1. The molecule has 3 aromatic heterocycles. The van der Waals surface area contributed by atoms with E-state index < -0.39 is 48.2 Å². The molecule has 3 heterocycles. The molecule has 0 saturated heterocycles. The van der Waals surface area contributed by atoms with Gasteiger partial charge in [0.05, 0.1) is 43.9 Å². The van der Waals surface area contributed by atoms with Crippen molar-refractivity contribution >= 4 is 54.1 Å². The van der Waals surface area contributed by atoms with Gasteiger partial charge in [0, 0.05) is 36.1 Å². The highest BCUT2D eigenvalue weighted by Gasteiger charge is 2.45. The van der Waals surface area contributed by atoms with Crippen LogP contribution in [0.4, 0.5) is 14.6 Å². The maximum absolute atomic E-state index is 14.4. The number of aromatic amines is 1. The lowest BCUT2D eigenvalue weighted by Crippen LogP contribution is -2.35. The molecular formula is C34H36ClF2N7O5S2. The number of H-pyrrole nitrogens is 1. The zero-order chi connectivity index (χ0) is 36.9. The molecule has 3 N–H and O–H groups in total. The first-order valence-electron chi connectivity index (χ1n) is 16.1. The number of anilines is 1. The third kappa shape index (κ3) is 7.77. The van der Waals surface area contributed by atoms with E-state index in [0.717, 1.165) is 24.5 Å². The Morgan fingerprint density at radius 3 is 2.37 bits per heavy atom. The Hall–Kier alpha value is -4.41. The van der Waals surface area contributed by atoms with E-state index in [2.05, 4.69) is 25.3 Å². The molecule has 1 atom stereocenters. The minimum Gasteiger partial charge on any atom is -0.342 e. The highest BCUT2D eigenvalue weighted by Crippen LogP contribution is 2.41. The van der Waals surface area contributed by atoms with Crippen molar-refractivity contribution in [2.45, 2.75) is 62.0 Å². The molecule has 1 aliphatic carbocycles. The summed E-state index contributed by atoms with van der Waals surface area (Å²) in [5, 5.41) is 14.0. The fraction of sp³-hybridized carbons (Fsp3) is 0.353. The molecule has 6 rings (SSSR count). The Morgan fingerprint density at radius 1 is 1.06 bits per heavy atom. The summed E-state index contributed by atoms with van der Waals surface area (Å²) >= 11 is 6.61. The number of nitrogens with one attached hydrogen (secondary N) is 3.